The van der Waals surface area contributed by atoms with Crippen molar-refractivity contribution in [2.45, 2.75) is 0 Å². The van der Waals surface area contributed by atoms with Gasteiger partial charge in [-0.05, 0) is 0 Å². The number of methoxy groups -OCH3 is 2. The molecule has 0 aliphatic rings. The van der Waals surface area contributed by atoms with E-state index in [-0.39, 0.29) is 11.9 Å². The maximum atomic E-state index is 10.7. The molecular formula is C8H14O4S3. The third-order valence-corrected chi connectivity index (χ3v) is 4.77. The number of rotatable bonds is 8. The number of ether oxygens (including phenoxy) is 2. The Morgan fingerprint density at radius 1 is 0.867 bits per heavy atom. The lowest BCUT2D eigenvalue weighted by atomic mass is 10.8. The smallest absolute Gasteiger partial charge is 0.315 e. The molecule has 0 aliphatic carbocycles. The van der Waals surface area contributed by atoms with Gasteiger partial charge >= 0.3 is 11.9 Å². The standard InChI is InChI=1S/C8H14O4S3/c1-11-7(9)3-13-5-15-6-14-4-8(10)12-2/h3-6H2,1-2H3. The number of carbonyl (C=O) groups is 2. The van der Waals surface area contributed by atoms with Crippen molar-refractivity contribution in [2.75, 3.05) is 35.9 Å². The van der Waals surface area contributed by atoms with Crippen LogP contribution in [0.25, 0.3) is 0 Å². The average molecular weight is 270 g/mol. The van der Waals surface area contributed by atoms with Gasteiger partial charge in [0.25, 0.3) is 0 Å². The molecule has 0 amide bonds. The van der Waals surface area contributed by atoms with Crippen LogP contribution in [0.1, 0.15) is 0 Å². The van der Waals surface area contributed by atoms with Gasteiger partial charge in [0, 0.05) is 10.2 Å². The molecule has 0 aromatic heterocycles. The number of thioether (sulfide) groups is 3. The molecule has 88 valence electrons. The second-order valence-corrected chi connectivity index (χ2v) is 5.98. The predicted octanol–water partition coefficient (Wildman–Crippen LogP) is 1.45. The molecule has 4 nitrogen and oxygen atoms in total. The van der Waals surface area contributed by atoms with E-state index < -0.39 is 0 Å². The number of esters is 2. The Hall–Kier alpha value is -0.0100. The fourth-order valence-corrected chi connectivity index (χ4v) is 3.58. The van der Waals surface area contributed by atoms with Crippen molar-refractivity contribution < 1.29 is 19.1 Å². The average Bonchev–Trinajstić information content (AvgIpc) is 2.26. The molecule has 0 N–H and O–H groups in total. The van der Waals surface area contributed by atoms with Gasteiger partial charge in [-0.2, -0.15) is 0 Å². The summed E-state index contributed by atoms with van der Waals surface area (Å²) in [5, 5.41) is 1.65. The summed E-state index contributed by atoms with van der Waals surface area (Å²) in [6.07, 6.45) is 0. The topological polar surface area (TPSA) is 52.6 Å². The van der Waals surface area contributed by atoms with E-state index in [2.05, 4.69) is 9.47 Å². The molecule has 0 aromatic rings. The Kier molecular flexibility index (Phi) is 10.5. The molecule has 0 aliphatic heterocycles. The number of hydrogen-bond donors (Lipinski definition) is 0. The highest BCUT2D eigenvalue weighted by Crippen LogP contribution is 2.17. The third kappa shape index (κ3) is 10.3. The lowest BCUT2D eigenvalue weighted by Crippen LogP contribution is -2.04. The summed E-state index contributed by atoms with van der Waals surface area (Å²) >= 11 is 4.69. The van der Waals surface area contributed by atoms with Crippen LogP contribution in [-0.4, -0.2) is 47.8 Å². The van der Waals surface area contributed by atoms with Crippen LogP contribution in [0.3, 0.4) is 0 Å². The molecule has 0 saturated carbocycles. The summed E-state index contributed by atoms with van der Waals surface area (Å²) in [6.45, 7) is 0. The SMILES string of the molecule is COC(=O)CSCSCSCC(=O)OC. The zero-order valence-electron chi connectivity index (χ0n) is 8.69. The molecule has 0 saturated heterocycles. The van der Waals surface area contributed by atoms with Crippen molar-refractivity contribution in [1.29, 1.82) is 0 Å². The molecule has 0 aromatic carbocycles. The van der Waals surface area contributed by atoms with Gasteiger partial charge in [-0.15, -0.1) is 35.3 Å². The zero-order chi connectivity index (χ0) is 11.5. The molecule has 7 heteroatoms. The summed E-state index contributed by atoms with van der Waals surface area (Å²) in [5.41, 5.74) is 0. The molecule has 0 heterocycles. The quantitative estimate of drug-likeness (QED) is 0.376. The minimum atomic E-state index is -0.206. The third-order valence-electron chi connectivity index (χ3n) is 1.23. The predicted molar refractivity (Wildman–Crippen MR) is 66.3 cm³/mol. The fourth-order valence-electron chi connectivity index (χ4n) is 0.520. The molecule has 0 fully saturated rings. The van der Waals surface area contributed by atoms with Crippen molar-refractivity contribution in [3.05, 3.63) is 0 Å². The highest BCUT2D eigenvalue weighted by Gasteiger charge is 2.01. The van der Waals surface area contributed by atoms with Gasteiger partial charge < -0.3 is 9.47 Å². The monoisotopic (exact) mass is 270 g/mol. The van der Waals surface area contributed by atoms with Crippen LogP contribution >= 0.6 is 35.3 Å². The van der Waals surface area contributed by atoms with Crippen LogP contribution in [-0.2, 0) is 19.1 Å². The highest BCUT2D eigenvalue weighted by molar-refractivity contribution is 8.22. The van der Waals surface area contributed by atoms with Gasteiger partial charge in [0.05, 0.1) is 25.7 Å². The van der Waals surface area contributed by atoms with E-state index in [1.165, 1.54) is 37.7 Å². The van der Waals surface area contributed by atoms with Gasteiger partial charge in [-0.1, -0.05) is 0 Å². The maximum Gasteiger partial charge on any atom is 0.315 e. The van der Waals surface area contributed by atoms with Crippen LogP contribution in [0.4, 0.5) is 0 Å². The molecular weight excluding hydrogens is 256 g/mol. The summed E-state index contributed by atoms with van der Waals surface area (Å²) in [5.74, 6) is 0.349. The Morgan fingerprint density at radius 3 is 1.60 bits per heavy atom. The van der Waals surface area contributed by atoms with Crippen molar-refractivity contribution in [3.8, 4) is 0 Å². The Bertz CT molecular complexity index is 178. The zero-order valence-corrected chi connectivity index (χ0v) is 11.1. The minimum Gasteiger partial charge on any atom is -0.468 e. The summed E-state index contributed by atoms with van der Waals surface area (Å²) < 4.78 is 8.98. The molecule has 0 unspecified atom stereocenters. The van der Waals surface area contributed by atoms with Crippen LogP contribution in [0.15, 0.2) is 0 Å². The number of carbonyl (C=O) groups excluding carboxylic acids is 2. The van der Waals surface area contributed by atoms with E-state index >= 15 is 0 Å². The Morgan fingerprint density at radius 2 is 1.27 bits per heavy atom. The maximum absolute atomic E-state index is 10.7. The van der Waals surface area contributed by atoms with E-state index in [0.29, 0.717) is 11.5 Å². The normalized spacial score (nSPS) is 9.73. The van der Waals surface area contributed by atoms with E-state index in [0.717, 1.165) is 10.2 Å². The van der Waals surface area contributed by atoms with Crippen LogP contribution < -0.4 is 0 Å². The van der Waals surface area contributed by atoms with E-state index in [1.807, 2.05) is 0 Å². The minimum absolute atomic E-state index is 0.206. The van der Waals surface area contributed by atoms with Gasteiger partial charge in [-0.3, -0.25) is 9.59 Å². The van der Waals surface area contributed by atoms with E-state index in [9.17, 15) is 9.59 Å². The van der Waals surface area contributed by atoms with Crippen LogP contribution in [0, 0.1) is 0 Å². The second-order valence-electron chi connectivity index (χ2n) is 2.29. The van der Waals surface area contributed by atoms with Gasteiger partial charge in [0.2, 0.25) is 0 Å². The van der Waals surface area contributed by atoms with Gasteiger partial charge in [-0.25, -0.2) is 0 Å². The summed E-state index contributed by atoms with van der Waals surface area (Å²) in [6, 6.07) is 0. The van der Waals surface area contributed by atoms with Gasteiger partial charge in [0.1, 0.15) is 0 Å². The summed E-state index contributed by atoms with van der Waals surface area (Å²) in [7, 11) is 2.75. The van der Waals surface area contributed by atoms with Crippen molar-refractivity contribution in [3.63, 3.8) is 0 Å². The molecule has 15 heavy (non-hydrogen) atoms. The fraction of sp³-hybridized carbons (Fsp3) is 0.750. The molecule has 0 bridgehead atoms. The van der Waals surface area contributed by atoms with Crippen molar-refractivity contribution in [1.82, 2.24) is 0 Å². The Labute approximate surface area is 102 Å². The molecule has 0 rings (SSSR count). The molecule has 0 atom stereocenters. The first-order valence-electron chi connectivity index (χ1n) is 4.07. The number of hydrogen-bond acceptors (Lipinski definition) is 7. The van der Waals surface area contributed by atoms with Crippen molar-refractivity contribution in [2.24, 2.45) is 0 Å². The van der Waals surface area contributed by atoms with E-state index in [4.69, 9.17) is 0 Å². The Balaban J connectivity index is 3.11. The van der Waals surface area contributed by atoms with Crippen molar-refractivity contribution >= 4 is 47.2 Å². The molecule has 0 radical (unpaired) electrons. The van der Waals surface area contributed by atoms with Crippen LogP contribution in [0.5, 0.6) is 0 Å². The first kappa shape index (κ1) is 15.0. The molecule has 0 spiro atoms. The van der Waals surface area contributed by atoms with E-state index in [1.54, 1.807) is 11.8 Å². The van der Waals surface area contributed by atoms with Crippen LogP contribution in [0.2, 0.25) is 0 Å². The second kappa shape index (κ2) is 10.5. The largest absolute Gasteiger partial charge is 0.468 e. The first-order chi connectivity index (χ1) is 7.20. The lowest BCUT2D eigenvalue weighted by molar-refractivity contribution is -0.138. The first-order valence-corrected chi connectivity index (χ1v) is 7.54. The lowest BCUT2D eigenvalue weighted by Gasteiger charge is -2.01. The van der Waals surface area contributed by atoms with Gasteiger partial charge in [0.15, 0.2) is 0 Å². The highest BCUT2D eigenvalue weighted by atomic mass is 32.2. The summed E-state index contributed by atoms with van der Waals surface area (Å²) in [4.78, 5) is 21.4.